The zero-order valence-electron chi connectivity index (χ0n) is 15.6. The van der Waals surface area contributed by atoms with Crippen molar-refractivity contribution in [3.05, 3.63) is 82.9 Å². The lowest BCUT2D eigenvalue weighted by molar-refractivity contribution is -0.313. The Kier molecular flexibility index (Phi) is 5.75. The SMILES string of the molecule is CC1=C(C)C[C@@H](C(=O)NC(c2ccccc2)c2ccccc2)[C@@H](C(=O)[O-])C1. The van der Waals surface area contributed by atoms with E-state index in [9.17, 15) is 14.7 Å². The Morgan fingerprint density at radius 3 is 1.74 bits per heavy atom. The molecule has 1 aliphatic carbocycles. The first-order valence-electron chi connectivity index (χ1n) is 9.23. The smallest absolute Gasteiger partial charge is 0.224 e. The lowest BCUT2D eigenvalue weighted by atomic mass is 9.76. The highest BCUT2D eigenvalue weighted by Gasteiger charge is 2.34. The quantitative estimate of drug-likeness (QED) is 0.832. The van der Waals surface area contributed by atoms with Crippen LogP contribution in [0.3, 0.4) is 0 Å². The summed E-state index contributed by atoms with van der Waals surface area (Å²) in [6.07, 6.45) is 0.820. The van der Waals surface area contributed by atoms with Gasteiger partial charge in [-0.3, -0.25) is 4.79 Å². The van der Waals surface area contributed by atoms with E-state index in [0.717, 1.165) is 22.3 Å². The third-order valence-electron chi connectivity index (χ3n) is 5.46. The number of carbonyl (C=O) groups is 2. The molecule has 2 aromatic carbocycles. The molecule has 2 aromatic rings. The van der Waals surface area contributed by atoms with Crippen LogP contribution in [0, 0.1) is 11.8 Å². The van der Waals surface area contributed by atoms with Gasteiger partial charge in [0.1, 0.15) is 0 Å². The molecule has 0 saturated carbocycles. The Hall–Kier alpha value is -2.88. The van der Waals surface area contributed by atoms with Crippen molar-refractivity contribution < 1.29 is 14.7 Å². The van der Waals surface area contributed by atoms with Crippen LogP contribution in [0.25, 0.3) is 0 Å². The van der Waals surface area contributed by atoms with Crippen LogP contribution < -0.4 is 10.4 Å². The van der Waals surface area contributed by atoms with E-state index >= 15 is 0 Å². The molecule has 0 bridgehead atoms. The first-order chi connectivity index (χ1) is 13.0. The summed E-state index contributed by atoms with van der Waals surface area (Å²) in [4.78, 5) is 24.7. The van der Waals surface area contributed by atoms with Gasteiger partial charge in [0.05, 0.1) is 6.04 Å². The molecule has 1 aliphatic rings. The van der Waals surface area contributed by atoms with Gasteiger partial charge in [-0.25, -0.2) is 0 Å². The van der Waals surface area contributed by atoms with E-state index in [1.165, 1.54) is 0 Å². The van der Waals surface area contributed by atoms with E-state index in [1.807, 2.05) is 74.5 Å². The highest BCUT2D eigenvalue weighted by atomic mass is 16.4. The minimum absolute atomic E-state index is 0.242. The molecule has 0 saturated heterocycles. The number of nitrogens with one attached hydrogen (secondary N) is 1. The summed E-state index contributed by atoms with van der Waals surface area (Å²) in [6.45, 7) is 3.89. The molecule has 1 N–H and O–H groups in total. The van der Waals surface area contributed by atoms with Gasteiger partial charge in [0.2, 0.25) is 5.91 Å². The lowest BCUT2D eigenvalue weighted by Crippen LogP contribution is -2.45. The highest BCUT2D eigenvalue weighted by Crippen LogP contribution is 2.35. The standard InChI is InChI=1S/C23H25NO3/c1-15-13-19(20(23(26)27)14-16(15)2)22(25)24-21(17-9-5-3-6-10-17)18-11-7-4-8-12-18/h3-12,19-21H,13-14H2,1-2H3,(H,24,25)(H,26,27)/p-1/t19-,20+/m1/s1. The van der Waals surface area contributed by atoms with E-state index in [1.54, 1.807) is 0 Å². The number of carboxylic acid groups (broad SMARTS) is 1. The molecule has 1 amide bonds. The summed E-state index contributed by atoms with van der Waals surface area (Å²) in [7, 11) is 0. The van der Waals surface area contributed by atoms with E-state index in [0.29, 0.717) is 12.8 Å². The van der Waals surface area contributed by atoms with Crippen molar-refractivity contribution in [2.75, 3.05) is 0 Å². The van der Waals surface area contributed by atoms with Gasteiger partial charge in [-0.2, -0.15) is 0 Å². The Morgan fingerprint density at radius 2 is 1.30 bits per heavy atom. The van der Waals surface area contributed by atoms with Gasteiger partial charge < -0.3 is 15.2 Å². The largest absolute Gasteiger partial charge is 0.550 e. The van der Waals surface area contributed by atoms with Crippen LogP contribution in [0.1, 0.15) is 43.9 Å². The summed E-state index contributed by atoms with van der Waals surface area (Å²) < 4.78 is 0. The average Bonchev–Trinajstić information content (AvgIpc) is 2.68. The fraction of sp³-hybridized carbons (Fsp3) is 0.304. The van der Waals surface area contributed by atoms with Gasteiger partial charge in [-0.05, 0) is 37.8 Å². The van der Waals surface area contributed by atoms with Crippen LogP contribution in [0.4, 0.5) is 0 Å². The van der Waals surface area contributed by atoms with Gasteiger partial charge in [0, 0.05) is 17.8 Å². The number of allylic oxidation sites excluding steroid dienone is 2. The van der Waals surface area contributed by atoms with Crippen LogP contribution in [-0.2, 0) is 9.59 Å². The van der Waals surface area contributed by atoms with Crippen molar-refractivity contribution in [3.63, 3.8) is 0 Å². The molecule has 0 radical (unpaired) electrons. The Labute approximate surface area is 159 Å². The Bertz CT molecular complexity index is 803. The zero-order chi connectivity index (χ0) is 19.4. The number of aliphatic carboxylic acids is 1. The molecule has 27 heavy (non-hydrogen) atoms. The monoisotopic (exact) mass is 362 g/mol. The molecule has 0 heterocycles. The Morgan fingerprint density at radius 1 is 0.852 bits per heavy atom. The van der Waals surface area contributed by atoms with E-state index in [2.05, 4.69) is 5.32 Å². The second-order valence-corrected chi connectivity index (χ2v) is 7.26. The fourth-order valence-electron chi connectivity index (χ4n) is 3.72. The molecule has 140 valence electrons. The molecule has 0 fully saturated rings. The lowest BCUT2D eigenvalue weighted by Gasteiger charge is -2.34. The summed E-state index contributed by atoms with van der Waals surface area (Å²) in [5, 5.41) is 14.7. The molecule has 0 spiro atoms. The highest BCUT2D eigenvalue weighted by molar-refractivity contribution is 5.85. The van der Waals surface area contributed by atoms with Gasteiger partial charge in [-0.1, -0.05) is 71.8 Å². The second-order valence-electron chi connectivity index (χ2n) is 7.26. The van der Waals surface area contributed by atoms with Crippen LogP contribution in [0.5, 0.6) is 0 Å². The first-order valence-corrected chi connectivity index (χ1v) is 9.23. The topological polar surface area (TPSA) is 69.2 Å². The molecule has 2 atom stereocenters. The van der Waals surface area contributed by atoms with Crippen molar-refractivity contribution >= 4 is 11.9 Å². The van der Waals surface area contributed by atoms with Crippen molar-refractivity contribution in [2.24, 2.45) is 11.8 Å². The Balaban J connectivity index is 1.89. The van der Waals surface area contributed by atoms with Crippen molar-refractivity contribution in [1.82, 2.24) is 5.32 Å². The van der Waals surface area contributed by atoms with Crippen molar-refractivity contribution in [2.45, 2.75) is 32.7 Å². The number of hydrogen-bond acceptors (Lipinski definition) is 3. The molecule has 3 rings (SSSR count). The summed E-state index contributed by atoms with van der Waals surface area (Å²) in [5.41, 5.74) is 4.04. The van der Waals surface area contributed by atoms with Gasteiger partial charge in [0.25, 0.3) is 0 Å². The summed E-state index contributed by atoms with van der Waals surface area (Å²) in [6, 6.07) is 19.1. The molecular weight excluding hydrogens is 338 g/mol. The maximum Gasteiger partial charge on any atom is 0.224 e. The van der Waals surface area contributed by atoms with E-state index < -0.39 is 17.8 Å². The molecule has 0 unspecified atom stereocenters. The van der Waals surface area contributed by atoms with Gasteiger partial charge >= 0.3 is 0 Å². The number of amides is 1. The molecule has 0 aromatic heterocycles. The maximum atomic E-state index is 13.1. The molecule has 4 nitrogen and oxygen atoms in total. The fourth-order valence-corrected chi connectivity index (χ4v) is 3.72. The third kappa shape index (κ3) is 4.27. The summed E-state index contributed by atoms with van der Waals surface area (Å²) in [5.74, 6) is -2.80. The minimum Gasteiger partial charge on any atom is -0.550 e. The molecular formula is C23H24NO3-. The van der Waals surface area contributed by atoms with E-state index in [-0.39, 0.29) is 11.9 Å². The number of hydrogen-bond donors (Lipinski definition) is 1. The first kappa shape index (κ1) is 18.9. The summed E-state index contributed by atoms with van der Waals surface area (Å²) >= 11 is 0. The van der Waals surface area contributed by atoms with Crippen molar-refractivity contribution in [1.29, 1.82) is 0 Å². The van der Waals surface area contributed by atoms with Crippen LogP contribution in [0.15, 0.2) is 71.8 Å². The minimum atomic E-state index is -1.15. The number of benzene rings is 2. The van der Waals surface area contributed by atoms with Crippen molar-refractivity contribution in [3.8, 4) is 0 Å². The van der Waals surface area contributed by atoms with Gasteiger partial charge in [-0.15, -0.1) is 0 Å². The number of carbonyl (C=O) groups excluding carboxylic acids is 2. The predicted molar refractivity (Wildman–Crippen MR) is 102 cm³/mol. The maximum absolute atomic E-state index is 13.1. The number of rotatable bonds is 5. The molecule has 0 aliphatic heterocycles. The van der Waals surface area contributed by atoms with Crippen LogP contribution in [-0.4, -0.2) is 11.9 Å². The van der Waals surface area contributed by atoms with Crippen LogP contribution in [0.2, 0.25) is 0 Å². The molecule has 4 heteroatoms. The third-order valence-corrected chi connectivity index (χ3v) is 5.46. The van der Waals surface area contributed by atoms with Gasteiger partial charge in [0.15, 0.2) is 0 Å². The van der Waals surface area contributed by atoms with Crippen LogP contribution >= 0.6 is 0 Å². The zero-order valence-corrected chi connectivity index (χ0v) is 15.6. The average molecular weight is 362 g/mol. The second kappa shape index (κ2) is 8.21. The van der Waals surface area contributed by atoms with E-state index in [4.69, 9.17) is 0 Å². The number of carboxylic acids is 1. The normalized spacial score (nSPS) is 19.8. The predicted octanol–water partition coefficient (Wildman–Crippen LogP) is 3.00.